The second-order valence-electron chi connectivity index (χ2n) is 4.85. The Hall–Kier alpha value is -1.32. The summed E-state index contributed by atoms with van der Waals surface area (Å²) in [5.41, 5.74) is 2.69. The third kappa shape index (κ3) is 2.08. The predicted molar refractivity (Wildman–Crippen MR) is 71.3 cm³/mol. The Kier molecular flexibility index (Phi) is 2.87. The van der Waals surface area contributed by atoms with Crippen molar-refractivity contribution < 1.29 is 0 Å². The lowest BCUT2D eigenvalue weighted by atomic mass is 10.1. The van der Waals surface area contributed by atoms with Crippen molar-refractivity contribution in [2.45, 2.75) is 12.5 Å². The number of H-pyrrole nitrogens is 1. The van der Waals surface area contributed by atoms with Gasteiger partial charge in [-0.3, -0.25) is 4.90 Å². The van der Waals surface area contributed by atoms with Crippen LogP contribution in [-0.4, -0.2) is 42.6 Å². The topological polar surface area (TPSA) is 31.1 Å². The van der Waals surface area contributed by atoms with Crippen molar-refractivity contribution in [3.05, 3.63) is 36.0 Å². The average Bonchev–Trinajstić information content (AvgIpc) is 2.71. The summed E-state index contributed by atoms with van der Waals surface area (Å²) in [6.07, 6.45) is 3.29. The number of aromatic nitrogens is 1. The highest BCUT2D eigenvalue weighted by Gasteiger charge is 2.24. The SMILES string of the molecule is CNC1CN(CCc2c[nH]c3ccccc23)C1. The fourth-order valence-electron chi connectivity index (χ4n) is 2.55. The van der Waals surface area contributed by atoms with E-state index in [0.717, 1.165) is 6.42 Å². The molecule has 2 heterocycles. The summed E-state index contributed by atoms with van der Waals surface area (Å²) in [4.78, 5) is 5.84. The standard InChI is InChI=1S/C14H19N3/c1-15-12-9-17(10-12)7-6-11-8-16-14-5-3-2-4-13(11)14/h2-5,8,12,15-16H,6-7,9-10H2,1H3. The van der Waals surface area contributed by atoms with Crippen LogP contribution in [0.5, 0.6) is 0 Å². The Morgan fingerprint density at radius 1 is 1.35 bits per heavy atom. The van der Waals surface area contributed by atoms with Crippen LogP contribution in [0.3, 0.4) is 0 Å². The van der Waals surface area contributed by atoms with Crippen LogP contribution in [0.2, 0.25) is 0 Å². The van der Waals surface area contributed by atoms with Gasteiger partial charge in [-0.2, -0.15) is 0 Å². The van der Waals surface area contributed by atoms with Crippen LogP contribution < -0.4 is 5.32 Å². The van der Waals surface area contributed by atoms with Crippen LogP contribution in [-0.2, 0) is 6.42 Å². The lowest BCUT2D eigenvalue weighted by Gasteiger charge is -2.39. The molecule has 2 N–H and O–H groups in total. The van der Waals surface area contributed by atoms with E-state index in [4.69, 9.17) is 0 Å². The van der Waals surface area contributed by atoms with Crippen molar-refractivity contribution in [3.8, 4) is 0 Å². The van der Waals surface area contributed by atoms with Gasteiger partial charge in [-0.05, 0) is 25.1 Å². The minimum atomic E-state index is 0.706. The maximum atomic E-state index is 3.34. The van der Waals surface area contributed by atoms with Gasteiger partial charge < -0.3 is 10.3 Å². The van der Waals surface area contributed by atoms with Gasteiger partial charge in [0.2, 0.25) is 0 Å². The zero-order valence-corrected chi connectivity index (χ0v) is 10.2. The second-order valence-corrected chi connectivity index (χ2v) is 4.85. The van der Waals surface area contributed by atoms with Crippen molar-refractivity contribution in [3.63, 3.8) is 0 Å². The molecular formula is C14H19N3. The van der Waals surface area contributed by atoms with Crippen LogP contribution in [0.15, 0.2) is 30.5 Å². The Balaban J connectivity index is 1.62. The maximum Gasteiger partial charge on any atom is 0.0456 e. The lowest BCUT2D eigenvalue weighted by Crippen LogP contribution is -2.57. The van der Waals surface area contributed by atoms with E-state index in [1.165, 1.54) is 36.1 Å². The number of likely N-dealkylation sites (N-methyl/N-ethyl adjacent to an activating group) is 1. The quantitative estimate of drug-likeness (QED) is 0.834. The third-order valence-corrected chi connectivity index (χ3v) is 3.74. The molecule has 0 amide bonds. The number of aromatic amines is 1. The molecule has 0 atom stereocenters. The summed E-state index contributed by atoms with van der Waals surface area (Å²) in [5.74, 6) is 0. The zero-order valence-electron chi connectivity index (χ0n) is 10.2. The predicted octanol–water partition coefficient (Wildman–Crippen LogP) is 1.61. The minimum absolute atomic E-state index is 0.706. The molecule has 1 aliphatic rings. The number of nitrogens with zero attached hydrogens (tertiary/aromatic N) is 1. The highest BCUT2D eigenvalue weighted by Crippen LogP contribution is 2.19. The summed E-state index contributed by atoms with van der Waals surface area (Å²) >= 11 is 0. The van der Waals surface area contributed by atoms with E-state index in [1.807, 2.05) is 7.05 Å². The van der Waals surface area contributed by atoms with Crippen LogP contribution in [0.4, 0.5) is 0 Å². The van der Waals surface area contributed by atoms with Gasteiger partial charge in [-0.15, -0.1) is 0 Å². The fraction of sp³-hybridized carbons (Fsp3) is 0.429. The number of benzene rings is 1. The van der Waals surface area contributed by atoms with E-state index >= 15 is 0 Å². The first-order chi connectivity index (χ1) is 8.36. The number of likely N-dealkylation sites (tertiary alicyclic amines) is 1. The third-order valence-electron chi connectivity index (χ3n) is 3.74. The zero-order chi connectivity index (χ0) is 11.7. The molecule has 90 valence electrons. The molecule has 1 saturated heterocycles. The van der Waals surface area contributed by atoms with Gasteiger partial charge in [0, 0.05) is 42.8 Å². The molecule has 0 bridgehead atoms. The number of fused-ring (bicyclic) bond motifs is 1. The summed E-state index contributed by atoms with van der Waals surface area (Å²) in [6.45, 7) is 3.55. The first kappa shape index (κ1) is 10.8. The Morgan fingerprint density at radius 3 is 3.00 bits per heavy atom. The molecule has 2 aromatic rings. The van der Waals surface area contributed by atoms with Crippen molar-refractivity contribution in [1.82, 2.24) is 15.2 Å². The van der Waals surface area contributed by atoms with E-state index in [9.17, 15) is 0 Å². The maximum absolute atomic E-state index is 3.34. The molecule has 1 fully saturated rings. The van der Waals surface area contributed by atoms with Crippen molar-refractivity contribution in [1.29, 1.82) is 0 Å². The monoisotopic (exact) mass is 229 g/mol. The summed E-state index contributed by atoms with van der Waals surface area (Å²) in [5, 5.41) is 4.68. The molecule has 3 heteroatoms. The second kappa shape index (κ2) is 4.51. The number of rotatable bonds is 4. The van der Waals surface area contributed by atoms with Gasteiger partial charge in [0.1, 0.15) is 0 Å². The highest BCUT2D eigenvalue weighted by atomic mass is 15.2. The minimum Gasteiger partial charge on any atom is -0.361 e. The average molecular weight is 229 g/mol. The molecule has 17 heavy (non-hydrogen) atoms. The number of hydrogen-bond donors (Lipinski definition) is 2. The normalized spacial score (nSPS) is 17.5. The van der Waals surface area contributed by atoms with Crippen molar-refractivity contribution in [2.24, 2.45) is 0 Å². The van der Waals surface area contributed by atoms with Gasteiger partial charge in [-0.1, -0.05) is 18.2 Å². The molecule has 0 unspecified atom stereocenters. The van der Waals surface area contributed by atoms with E-state index in [-0.39, 0.29) is 0 Å². The van der Waals surface area contributed by atoms with Crippen LogP contribution in [0, 0.1) is 0 Å². The smallest absolute Gasteiger partial charge is 0.0456 e. The summed E-state index contributed by atoms with van der Waals surface area (Å²) in [7, 11) is 2.04. The molecule has 1 aromatic carbocycles. The summed E-state index contributed by atoms with van der Waals surface area (Å²) < 4.78 is 0. The number of nitrogens with one attached hydrogen (secondary N) is 2. The van der Waals surface area contributed by atoms with E-state index in [2.05, 4.69) is 45.7 Å². The van der Waals surface area contributed by atoms with Gasteiger partial charge in [0.25, 0.3) is 0 Å². The Labute approximate surface area is 102 Å². The molecule has 0 spiro atoms. The van der Waals surface area contributed by atoms with E-state index in [1.54, 1.807) is 0 Å². The molecular weight excluding hydrogens is 210 g/mol. The molecule has 0 aliphatic carbocycles. The van der Waals surface area contributed by atoms with Gasteiger partial charge in [0.15, 0.2) is 0 Å². The Morgan fingerprint density at radius 2 is 2.18 bits per heavy atom. The first-order valence-electron chi connectivity index (χ1n) is 6.31. The van der Waals surface area contributed by atoms with Crippen LogP contribution in [0.25, 0.3) is 10.9 Å². The molecule has 1 aliphatic heterocycles. The number of hydrogen-bond acceptors (Lipinski definition) is 2. The molecule has 0 saturated carbocycles. The fourth-order valence-corrected chi connectivity index (χ4v) is 2.55. The van der Waals surface area contributed by atoms with Crippen LogP contribution >= 0.6 is 0 Å². The van der Waals surface area contributed by atoms with Gasteiger partial charge >= 0.3 is 0 Å². The van der Waals surface area contributed by atoms with E-state index in [0.29, 0.717) is 6.04 Å². The molecule has 0 radical (unpaired) electrons. The van der Waals surface area contributed by atoms with E-state index < -0.39 is 0 Å². The van der Waals surface area contributed by atoms with Crippen molar-refractivity contribution >= 4 is 10.9 Å². The van der Waals surface area contributed by atoms with Crippen LogP contribution in [0.1, 0.15) is 5.56 Å². The Bertz CT molecular complexity index is 497. The van der Waals surface area contributed by atoms with Gasteiger partial charge in [-0.25, -0.2) is 0 Å². The largest absolute Gasteiger partial charge is 0.361 e. The number of para-hydroxylation sites is 1. The molecule has 1 aromatic heterocycles. The lowest BCUT2D eigenvalue weighted by molar-refractivity contribution is 0.134. The first-order valence-corrected chi connectivity index (χ1v) is 6.31. The summed E-state index contributed by atoms with van der Waals surface area (Å²) in [6, 6.07) is 9.24. The molecule has 3 rings (SSSR count). The molecule has 3 nitrogen and oxygen atoms in total. The highest BCUT2D eigenvalue weighted by molar-refractivity contribution is 5.83. The van der Waals surface area contributed by atoms with Gasteiger partial charge in [0.05, 0.1) is 0 Å². The van der Waals surface area contributed by atoms with Crippen molar-refractivity contribution in [2.75, 3.05) is 26.7 Å².